The van der Waals surface area contributed by atoms with Crippen molar-refractivity contribution in [1.29, 1.82) is 0 Å². The lowest BCUT2D eigenvalue weighted by molar-refractivity contribution is -0.280. The first-order chi connectivity index (χ1) is 9.10. The van der Waals surface area contributed by atoms with Gasteiger partial charge in [-0.1, -0.05) is 31.0 Å². The third-order valence-electron chi connectivity index (χ3n) is 5.76. The second kappa shape index (κ2) is 3.40. The molecule has 3 nitrogen and oxygen atoms in total. The number of fused-ring (bicyclic) bond motifs is 6. The molecule has 1 aromatic carbocycles. The van der Waals surface area contributed by atoms with Crippen molar-refractivity contribution in [3.63, 3.8) is 0 Å². The number of benzene rings is 1. The highest BCUT2D eigenvalue weighted by atomic mass is 16.5. The zero-order valence-corrected chi connectivity index (χ0v) is 11.1. The molecule has 4 rings (SSSR count). The Morgan fingerprint density at radius 3 is 2.68 bits per heavy atom. The fraction of sp³-hybridized carbons (Fsp3) is 0.562. The van der Waals surface area contributed by atoms with E-state index in [0.717, 1.165) is 31.2 Å². The number of carbonyl (C=O) groups is 1. The molecule has 1 aliphatic heterocycles. The molecule has 4 unspecified atom stereocenters. The largest absolute Gasteiger partial charge is 0.426 e. The minimum Gasteiger partial charge on any atom is -0.426 e. The lowest BCUT2D eigenvalue weighted by atomic mass is 9.39. The highest BCUT2D eigenvalue weighted by Crippen LogP contribution is 2.71. The number of hydrogen-bond acceptors (Lipinski definition) is 3. The van der Waals surface area contributed by atoms with Crippen LogP contribution in [0.4, 0.5) is 0 Å². The second-order valence-corrected chi connectivity index (χ2v) is 6.35. The van der Waals surface area contributed by atoms with Crippen molar-refractivity contribution < 1.29 is 14.6 Å². The Bertz CT molecular complexity index is 567. The smallest absolute Gasteiger partial charge is 0.320 e. The zero-order valence-electron chi connectivity index (χ0n) is 11.1. The molecule has 2 fully saturated rings. The van der Waals surface area contributed by atoms with Crippen molar-refractivity contribution >= 4 is 5.97 Å². The van der Waals surface area contributed by atoms with Crippen LogP contribution >= 0.6 is 0 Å². The molecule has 0 amide bonds. The summed E-state index contributed by atoms with van der Waals surface area (Å²) in [4.78, 5) is 12.4. The molecule has 0 spiro atoms. The van der Waals surface area contributed by atoms with Gasteiger partial charge in [0.1, 0.15) is 16.8 Å². The summed E-state index contributed by atoms with van der Waals surface area (Å²) in [7, 11) is 0. The molecule has 100 valence electrons. The van der Waals surface area contributed by atoms with E-state index in [1.54, 1.807) is 6.07 Å². The van der Waals surface area contributed by atoms with E-state index in [4.69, 9.17) is 4.74 Å². The Labute approximate surface area is 112 Å². The van der Waals surface area contributed by atoms with E-state index in [2.05, 4.69) is 0 Å². The van der Waals surface area contributed by atoms with Crippen molar-refractivity contribution in [3.05, 3.63) is 29.8 Å². The first-order valence-corrected chi connectivity index (χ1v) is 7.14. The molecule has 0 radical (unpaired) electrons. The van der Waals surface area contributed by atoms with Crippen molar-refractivity contribution in [3.8, 4) is 5.75 Å². The summed E-state index contributed by atoms with van der Waals surface area (Å²) >= 11 is 0. The summed E-state index contributed by atoms with van der Waals surface area (Å²) in [5.41, 5.74) is -0.976. The Morgan fingerprint density at radius 2 is 1.89 bits per heavy atom. The average molecular weight is 258 g/mol. The van der Waals surface area contributed by atoms with E-state index < -0.39 is 11.0 Å². The van der Waals surface area contributed by atoms with Crippen LogP contribution in [0.3, 0.4) is 0 Å². The number of carbonyl (C=O) groups excluding carboxylic acids is 1. The molecule has 2 saturated carbocycles. The van der Waals surface area contributed by atoms with E-state index in [-0.39, 0.29) is 17.8 Å². The van der Waals surface area contributed by atoms with Crippen LogP contribution in [0.15, 0.2) is 24.3 Å². The molecular weight excluding hydrogens is 240 g/mol. The fourth-order valence-electron chi connectivity index (χ4n) is 4.76. The van der Waals surface area contributed by atoms with Gasteiger partial charge in [0.2, 0.25) is 0 Å². The molecule has 3 heteroatoms. The molecule has 3 aliphatic rings. The number of esters is 1. The van der Waals surface area contributed by atoms with Gasteiger partial charge >= 0.3 is 5.97 Å². The standard InChI is InChI=1S/C16H18O3/c1-15-10-6-2-3-7-11(10)16(15,18)12-8-4-5-9-13(12)19-14(15)17/h4-5,8-11,18H,2-3,6-7H2,1H3. The van der Waals surface area contributed by atoms with E-state index in [1.165, 1.54) is 0 Å². The first kappa shape index (κ1) is 11.5. The van der Waals surface area contributed by atoms with Gasteiger partial charge < -0.3 is 9.84 Å². The third-order valence-corrected chi connectivity index (χ3v) is 5.76. The van der Waals surface area contributed by atoms with E-state index in [1.807, 2.05) is 25.1 Å². The van der Waals surface area contributed by atoms with Gasteiger partial charge in [0.15, 0.2) is 0 Å². The van der Waals surface area contributed by atoms with Crippen LogP contribution in [0.2, 0.25) is 0 Å². The van der Waals surface area contributed by atoms with Crippen LogP contribution in [-0.4, -0.2) is 11.1 Å². The molecule has 1 aromatic rings. The molecular formula is C16H18O3. The van der Waals surface area contributed by atoms with E-state index in [0.29, 0.717) is 5.75 Å². The summed E-state index contributed by atoms with van der Waals surface area (Å²) < 4.78 is 5.48. The summed E-state index contributed by atoms with van der Waals surface area (Å²) in [6, 6.07) is 7.44. The molecule has 19 heavy (non-hydrogen) atoms. The van der Waals surface area contributed by atoms with Gasteiger partial charge in [0, 0.05) is 5.56 Å². The Hall–Kier alpha value is -1.35. The lowest BCUT2D eigenvalue weighted by Gasteiger charge is -2.67. The molecule has 0 saturated heterocycles. The summed E-state index contributed by atoms with van der Waals surface area (Å²) in [5.74, 6) is 0.765. The van der Waals surface area contributed by atoms with Crippen LogP contribution in [0, 0.1) is 17.3 Å². The van der Waals surface area contributed by atoms with Gasteiger partial charge in [-0.25, -0.2) is 0 Å². The molecule has 1 heterocycles. The van der Waals surface area contributed by atoms with Gasteiger partial charge in [-0.15, -0.1) is 0 Å². The first-order valence-electron chi connectivity index (χ1n) is 7.14. The lowest BCUT2D eigenvalue weighted by Crippen LogP contribution is -2.73. The molecule has 2 aliphatic carbocycles. The average Bonchev–Trinajstić information content (AvgIpc) is 2.45. The summed E-state index contributed by atoms with van der Waals surface area (Å²) in [5, 5.41) is 11.3. The number of para-hydroxylation sites is 1. The summed E-state index contributed by atoms with van der Waals surface area (Å²) in [6.45, 7) is 1.89. The van der Waals surface area contributed by atoms with Crippen LogP contribution in [0.1, 0.15) is 38.2 Å². The quantitative estimate of drug-likeness (QED) is 0.575. The van der Waals surface area contributed by atoms with Crippen LogP contribution in [0.25, 0.3) is 0 Å². The predicted molar refractivity (Wildman–Crippen MR) is 69.5 cm³/mol. The molecule has 0 bridgehead atoms. The maximum atomic E-state index is 12.4. The van der Waals surface area contributed by atoms with Gasteiger partial charge in [-0.2, -0.15) is 0 Å². The summed E-state index contributed by atoms with van der Waals surface area (Å²) in [6.07, 6.45) is 4.34. The maximum absolute atomic E-state index is 12.4. The van der Waals surface area contributed by atoms with E-state index in [9.17, 15) is 9.90 Å². The van der Waals surface area contributed by atoms with Crippen molar-refractivity contribution in [2.75, 3.05) is 0 Å². The predicted octanol–water partition coefficient (Wildman–Crippen LogP) is 2.62. The van der Waals surface area contributed by atoms with Gasteiger partial charge in [0.25, 0.3) is 0 Å². The number of hydrogen-bond donors (Lipinski definition) is 1. The number of rotatable bonds is 0. The monoisotopic (exact) mass is 258 g/mol. The zero-order chi connectivity index (χ0) is 13.3. The van der Waals surface area contributed by atoms with Gasteiger partial charge in [-0.3, -0.25) is 4.79 Å². The minimum absolute atomic E-state index is 0.209. The van der Waals surface area contributed by atoms with E-state index >= 15 is 0 Å². The van der Waals surface area contributed by atoms with Crippen LogP contribution in [-0.2, 0) is 10.4 Å². The SMILES string of the molecule is CC12C(=O)Oc3ccccc3C1(O)C1CCCCC12. The molecule has 4 atom stereocenters. The van der Waals surface area contributed by atoms with Crippen molar-refractivity contribution in [2.24, 2.45) is 17.3 Å². The van der Waals surface area contributed by atoms with Gasteiger partial charge in [-0.05, 0) is 37.7 Å². The highest BCUT2D eigenvalue weighted by molar-refractivity contribution is 5.86. The highest BCUT2D eigenvalue weighted by Gasteiger charge is 2.75. The second-order valence-electron chi connectivity index (χ2n) is 6.35. The van der Waals surface area contributed by atoms with Crippen molar-refractivity contribution in [1.82, 2.24) is 0 Å². The minimum atomic E-state index is -1.02. The fourth-order valence-corrected chi connectivity index (χ4v) is 4.76. The van der Waals surface area contributed by atoms with Crippen LogP contribution in [0.5, 0.6) is 5.75 Å². The molecule has 0 aromatic heterocycles. The molecule has 1 N–H and O–H groups in total. The number of aliphatic hydroxyl groups is 1. The maximum Gasteiger partial charge on any atom is 0.320 e. The Morgan fingerprint density at radius 1 is 1.21 bits per heavy atom. The third kappa shape index (κ3) is 1.08. The van der Waals surface area contributed by atoms with Crippen molar-refractivity contribution in [2.45, 2.75) is 38.2 Å². The topological polar surface area (TPSA) is 46.5 Å². The normalized spacial score (nSPS) is 43.4. The Kier molecular flexibility index (Phi) is 2.05. The van der Waals surface area contributed by atoms with Gasteiger partial charge in [0.05, 0.1) is 0 Å². The Balaban J connectivity index is 1.92. The van der Waals surface area contributed by atoms with Crippen LogP contribution < -0.4 is 4.74 Å². The number of ether oxygens (including phenoxy) is 1.